The van der Waals surface area contributed by atoms with Crippen molar-refractivity contribution in [1.82, 2.24) is 9.97 Å². The third-order valence-corrected chi connectivity index (χ3v) is 4.14. The zero-order chi connectivity index (χ0) is 12.5. The molecule has 1 heterocycles. The summed E-state index contributed by atoms with van der Waals surface area (Å²) in [7, 11) is 1.63. The molecular weight excluding hydrogens is 228 g/mol. The van der Waals surface area contributed by atoms with E-state index in [1.54, 1.807) is 7.11 Å². The van der Waals surface area contributed by atoms with Gasteiger partial charge >= 0.3 is 0 Å². The molecule has 0 amide bonds. The Morgan fingerprint density at radius 3 is 2.94 bits per heavy atom. The molecular formula is C13H20N4O. The highest BCUT2D eigenvalue weighted by Gasteiger charge is 2.39. The van der Waals surface area contributed by atoms with Crippen molar-refractivity contribution in [3.8, 4) is 0 Å². The van der Waals surface area contributed by atoms with Crippen LogP contribution in [-0.4, -0.2) is 23.1 Å². The fraction of sp³-hybridized carbons (Fsp3) is 0.692. The molecule has 18 heavy (non-hydrogen) atoms. The van der Waals surface area contributed by atoms with Gasteiger partial charge in [-0.25, -0.2) is 9.97 Å². The Morgan fingerprint density at radius 1 is 1.39 bits per heavy atom. The molecule has 5 nitrogen and oxygen atoms in total. The van der Waals surface area contributed by atoms with Gasteiger partial charge in [0.1, 0.15) is 18.2 Å². The molecule has 3 rings (SSSR count). The number of hydrogen-bond acceptors (Lipinski definition) is 5. The Labute approximate surface area is 107 Å². The quantitative estimate of drug-likeness (QED) is 0.850. The van der Waals surface area contributed by atoms with E-state index in [1.807, 2.05) is 6.07 Å². The standard InChI is InChI=1S/C13H20N4O/c1-18-7-13-16-11(14)6-12(17-13)15-10-5-8-2-3-9(10)4-8/h6,8-10H,2-5,7H2,1H3,(H3,14,15,16,17). The Balaban J connectivity index is 1.72. The first-order chi connectivity index (χ1) is 8.74. The number of nitrogens with zero attached hydrogens (tertiary/aromatic N) is 2. The fourth-order valence-electron chi connectivity index (χ4n) is 3.40. The molecule has 1 aromatic heterocycles. The molecule has 3 N–H and O–H groups in total. The minimum Gasteiger partial charge on any atom is -0.384 e. The molecule has 1 aromatic rings. The summed E-state index contributed by atoms with van der Waals surface area (Å²) in [5.74, 6) is 3.72. The van der Waals surface area contributed by atoms with Gasteiger partial charge in [0.05, 0.1) is 0 Å². The summed E-state index contributed by atoms with van der Waals surface area (Å²) in [5, 5.41) is 3.53. The summed E-state index contributed by atoms with van der Waals surface area (Å²) in [6.07, 6.45) is 5.41. The SMILES string of the molecule is COCc1nc(N)cc(NC2CC3CCC2C3)n1. The minimum absolute atomic E-state index is 0.399. The zero-order valence-electron chi connectivity index (χ0n) is 10.7. The van der Waals surface area contributed by atoms with Gasteiger partial charge < -0.3 is 15.8 Å². The van der Waals surface area contributed by atoms with Crippen LogP contribution < -0.4 is 11.1 Å². The highest BCUT2D eigenvalue weighted by Crippen LogP contribution is 2.45. The van der Waals surface area contributed by atoms with Crippen molar-refractivity contribution >= 4 is 11.6 Å². The molecule has 2 bridgehead atoms. The van der Waals surface area contributed by atoms with Crippen molar-refractivity contribution in [3.05, 3.63) is 11.9 Å². The predicted octanol–water partition coefficient (Wildman–Crippen LogP) is 1.81. The van der Waals surface area contributed by atoms with Crippen LogP contribution in [0.15, 0.2) is 6.07 Å². The number of ether oxygens (including phenoxy) is 1. The van der Waals surface area contributed by atoms with Crippen LogP contribution in [0.1, 0.15) is 31.5 Å². The molecule has 0 spiro atoms. The van der Waals surface area contributed by atoms with E-state index in [2.05, 4.69) is 15.3 Å². The molecule has 5 heteroatoms. The number of anilines is 2. The number of nitrogens with one attached hydrogen (secondary N) is 1. The van der Waals surface area contributed by atoms with Gasteiger partial charge in [-0.3, -0.25) is 0 Å². The van der Waals surface area contributed by atoms with Crippen LogP contribution in [0, 0.1) is 11.8 Å². The van der Waals surface area contributed by atoms with Crippen LogP contribution in [0.25, 0.3) is 0 Å². The van der Waals surface area contributed by atoms with E-state index in [4.69, 9.17) is 10.5 Å². The molecule has 2 aliphatic carbocycles. The Morgan fingerprint density at radius 2 is 2.28 bits per heavy atom. The fourth-order valence-corrected chi connectivity index (χ4v) is 3.40. The average molecular weight is 248 g/mol. The molecule has 0 aromatic carbocycles. The number of nitrogen functional groups attached to an aromatic ring is 1. The molecule has 2 aliphatic rings. The molecule has 3 atom stereocenters. The van der Waals surface area contributed by atoms with Gasteiger partial charge in [0, 0.05) is 19.2 Å². The van der Waals surface area contributed by atoms with Crippen LogP contribution in [-0.2, 0) is 11.3 Å². The number of hydrogen-bond donors (Lipinski definition) is 2. The second-order valence-electron chi connectivity index (χ2n) is 5.45. The molecule has 0 aliphatic heterocycles. The number of rotatable bonds is 4. The normalized spacial score (nSPS) is 29.7. The van der Waals surface area contributed by atoms with E-state index < -0.39 is 0 Å². The lowest BCUT2D eigenvalue weighted by molar-refractivity contribution is 0.178. The minimum atomic E-state index is 0.399. The molecule has 98 valence electrons. The summed E-state index contributed by atoms with van der Waals surface area (Å²) in [4.78, 5) is 8.59. The lowest BCUT2D eigenvalue weighted by atomic mass is 9.95. The first-order valence-electron chi connectivity index (χ1n) is 6.63. The second-order valence-corrected chi connectivity index (χ2v) is 5.45. The van der Waals surface area contributed by atoms with E-state index in [0.717, 1.165) is 17.7 Å². The van der Waals surface area contributed by atoms with Crippen molar-refractivity contribution in [3.63, 3.8) is 0 Å². The van der Waals surface area contributed by atoms with Crippen LogP contribution in [0.3, 0.4) is 0 Å². The summed E-state index contributed by atoms with van der Waals surface area (Å²) < 4.78 is 5.05. The third-order valence-electron chi connectivity index (χ3n) is 4.14. The number of fused-ring (bicyclic) bond motifs is 2. The summed E-state index contributed by atoms with van der Waals surface area (Å²) in [6, 6.07) is 2.37. The summed E-state index contributed by atoms with van der Waals surface area (Å²) in [6.45, 7) is 0.399. The van der Waals surface area contributed by atoms with Crippen molar-refractivity contribution in [2.24, 2.45) is 11.8 Å². The smallest absolute Gasteiger partial charge is 0.158 e. The maximum Gasteiger partial charge on any atom is 0.158 e. The molecule has 3 unspecified atom stereocenters. The van der Waals surface area contributed by atoms with E-state index in [1.165, 1.54) is 25.7 Å². The van der Waals surface area contributed by atoms with Crippen molar-refractivity contribution in [1.29, 1.82) is 0 Å². The molecule has 0 saturated heterocycles. The highest BCUT2D eigenvalue weighted by atomic mass is 16.5. The largest absolute Gasteiger partial charge is 0.384 e. The average Bonchev–Trinajstić information content (AvgIpc) is 2.90. The van der Waals surface area contributed by atoms with Crippen LogP contribution in [0.4, 0.5) is 11.6 Å². The summed E-state index contributed by atoms with van der Waals surface area (Å²) >= 11 is 0. The first kappa shape index (κ1) is 11.7. The van der Waals surface area contributed by atoms with E-state index >= 15 is 0 Å². The molecule has 2 saturated carbocycles. The number of methoxy groups -OCH3 is 1. The Hall–Kier alpha value is -1.36. The van der Waals surface area contributed by atoms with Gasteiger partial charge in [0.2, 0.25) is 0 Å². The first-order valence-corrected chi connectivity index (χ1v) is 6.63. The number of nitrogens with two attached hydrogens (primary N) is 1. The number of aromatic nitrogens is 2. The maximum atomic E-state index is 5.79. The van der Waals surface area contributed by atoms with Crippen LogP contribution in [0.5, 0.6) is 0 Å². The monoisotopic (exact) mass is 248 g/mol. The van der Waals surface area contributed by atoms with Gasteiger partial charge in [0.25, 0.3) is 0 Å². The van der Waals surface area contributed by atoms with Crippen molar-refractivity contribution in [2.45, 2.75) is 38.3 Å². The van der Waals surface area contributed by atoms with Crippen LogP contribution in [0.2, 0.25) is 0 Å². The summed E-state index contributed by atoms with van der Waals surface area (Å²) in [5.41, 5.74) is 5.79. The Bertz CT molecular complexity index is 437. The van der Waals surface area contributed by atoms with E-state index in [-0.39, 0.29) is 0 Å². The lowest BCUT2D eigenvalue weighted by Gasteiger charge is -2.23. The van der Waals surface area contributed by atoms with Gasteiger partial charge in [0.15, 0.2) is 5.82 Å². The second kappa shape index (κ2) is 4.72. The van der Waals surface area contributed by atoms with Gasteiger partial charge in [-0.1, -0.05) is 6.42 Å². The predicted molar refractivity (Wildman–Crippen MR) is 70.0 cm³/mol. The van der Waals surface area contributed by atoms with Gasteiger partial charge in [-0.05, 0) is 31.1 Å². The van der Waals surface area contributed by atoms with E-state index in [0.29, 0.717) is 24.3 Å². The Kier molecular flexibility index (Phi) is 3.07. The topological polar surface area (TPSA) is 73.1 Å². The van der Waals surface area contributed by atoms with Crippen LogP contribution >= 0.6 is 0 Å². The highest BCUT2D eigenvalue weighted by molar-refractivity contribution is 5.45. The maximum absolute atomic E-state index is 5.79. The van der Waals surface area contributed by atoms with Crippen molar-refractivity contribution < 1.29 is 4.74 Å². The van der Waals surface area contributed by atoms with Gasteiger partial charge in [-0.15, -0.1) is 0 Å². The zero-order valence-corrected chi connectivity index (χ0v) is 10.7. The lowest BCUT2D eigenvalue weighted by Crippen LogP contribution is -2.26. The van der Waals surface area contributed by atoms with E-state index in [9.17, 15) is 0 Å². The van der Waals surface area contributed by atoms with Gasteiger partial charge in [-0.2, -0.15) is 0 Å². The van der Waals surface area contributed by atoms with Crippen molar-refractivity contribution in [2.75, 3.05) is 18.2 Å². The third kappa shape index (κ3) is 2.27. The molecule has 2 fully saturated rings. The molecule has 0 radical (unpaired) electrons.